The van der Waals surface area contributed by atoms with Crippen LogP contribution in [0.4, 0.5) is 0 Å². The predicted molar refractivity (Wildman–Crippen MR) is 98.7 cm³/mol. The lowest BCUT2D eigenvalue weighted by atomic mass is 9.63. The molecule has 0 aromatic heterocycles. The van der Waals surface area contributed by atoms with Crippen molar-refractivity contribution in [1.82, 2.24) is 5.32 Å². The molecule has 4 heteroatoms. The quantitative estimate of drug-likeness (QED) is 0.827. The topological polar surface area (TPSA) is 39.7 Å². The van der Waals surface area contributed by atoms with Crippen LogP contribution in [0.25, 0.3) is 0 Å². The molecule has 1 unspecified atom stereocenters. The molecule has 3 aliphatic carbocycles. The zero-order chi connectivity index (χ0) is 17.4. The fourth-order valence-corrected chi connectivity index (χ4v) is 5.27. The van der Waals surface area contributed by atoms with Crippen LogP contribution in [-0.4, -0.2) is 33.9 Å². The molecular weight excluding hydrogens is 314 g/mol. The van der Waals surface area contributed by atoms with Crippen molar-refractivity contribution in [3.63, 3.8) is 0 Å². The minimum atomic E-state index is 0.458. The van der Waals surface area contributed by atoms with Crippen molar-refractivity contribution < 1.29 is 14.2 Å². The lowest BCUT2D eigenvalue weighted by Crippen LogP contribution is -2.45. The fourth-order valence-electron chi connectivity index (χ4n) is 5.27. The first-order chi connectivity index (χ1) is 12.2. The molecule has 1 aromatic rings. The Balaban J connectivity index is 1.65. The van der Waals surface area contributed by atoms with Gasteiger partial charge in [0.15, 0.2) is 11.5 Å². The van der Waals surface area contributed by atoms with E-state index in [-0.39, 0.29) is 0 Å². The average molecular weight is 343 g/mol. The summed E-state index contributed by atoms with van der Waals surface area (Å²) in [7, 11) is 5.01. The summed E-state index contributed by atoms with van der Waals surface area (Å²) in [6.07, 6.45) is 7.84. The number of hydrogen-bond donors (Lipinski definition) is 1. The van der Waals surface area contributed by atoms with Gasteiger partial charge in [-0.3, -0.25) is 0 Å². The van der Waals surface area contributed by atoms with Crippen molar-refractivity contribution in [3.05, 3.63) is 28.8 Å². The van der Waals surface area contributed by atoms with Crippen LogP contribution < -0.4 is 19.5 Å². The Morgan fingerprint density at radius 1 is 0.920 bits per heavy atom. The van der Waals surface area contributed by atoms with Crippen molar-refractivity contribution in [2.45, 2.75) is 44.6 Å². The van der Waals surface area contributed by atoms with E-state index in [0.29, 0.717) is 11.8 Å². The number of hydrogen-bond acceptors (Lipinski definition) is 4. The zero-order valence-corrected chi connectivity index (χ0v) is 15.6. The van der Waals surface area contributed by atoms with Crippen molar-refractivity contribution in [3.8, 4) is 17.2 Å². The molecule has 136 valence electrons. The Hall–Kier alpha value is -1.68. The molecule has 1 heterocycles. The molecule has 4 nitrogen and oxygen atoms in total. The SMILES string of the molecule is COc1cc(CC2NCCC3=C2C2CCC3CC2)cc(OC)c1OC. The maximum Gasteiger partial charge on any atom is 0.203 e. The molecule has 2 bridgehead atoms. The fraction of sp³-hybridized carbons (Fsp3) is 0.619. The summed E-state index contributed by atoms with van der Waals surface area (Å²) >= 11 is 0. The first-order valence-corrected chi connectivity index (χ1v) is 9.50. The van der Waals surface area contributed by atoms with Gasteiger partial charge in [0.1, 0.15) is 0 Å². The van der Waals surface area contributed by atoms with Crippen LogP contribution in [0.5, 0.6) is 17.2 Å². The second-order valence-electron chi connectivity index (χ2n) is 7.52. The molecule has 1 aromatic carbocycles. The van der Waals surface area contributed by atoms with Gasteiger partial charge in [0.25, 0.3) is 0 Å². The van der Waals surface area contributed by atoms with Crippen LogP contribution in [0, 0.1) is 11.8 Å². The van der Waals surface area contributed by atoms with Crippen LogP contribution in [-0.2, 0) is 6.42 Å². The smallest absolute Gasteiger partial charge is 0.203 e. The molecular formula is C21H29NO3. The molecule has 1 aliphatic heterocycles. The number of benzene rings is 1. The highest BCUT2D eigenvalue weighted by Crippen LogP contribution is 2.49. The Morgan fingerprint density at radius 2 is 1.56 bits per heavy atom. The molecule has 5 rings (SSSR count). The molecule has 0 saturated heterocycles. The molecule has 1 atom stereocenters. The molecule has 25 heavy (non-hydrogen) atoms. The summed E-state index contributed by atoms with van der Waals surface area (Å²) in [5.74, 6) is 3.82. The normalized spacial score (nSPS) is 27.9. The van der Waals surface area contributed by atoms with Crippen molar-refractivity contribution >= 4 is 0 Å². The van der Waals surface area contributed by atoms with E-state index in [1.807, 2.05) is 0 Å². The summed E-state index contributed by atoms with van der Waals surface area (Å²) in [6, 6.07) is 4.65. The van der Waals surface area contributed by atoms with E-state index in [0.717, 1.165) is 36.3 Å². The van der Waals surface area contributed by atoms with Gasteiger partial charge >= 0.3 is 0 Å². The van der Waals surface area contributed by atoms with Gasteiger partial charge < -0.3 is 19.5 Å². The third kappa shape index (κ3) is 2.91. The van der Waals surface area contributed by atoms with Gasteiger partial charge in [0.2, 0.25) is 5.75 Å². The van der Waals surface area contributed by atoms with Gasteiger partial charge in [-0.25, -0.2) is 0 Å². The van der Waals surface area contributed by atoms with Crippen LogP contribution in [0.1, 0.15) is 37.7 Å². The van der Waals surface area contributed by atoms with E-state index < -0.39 is 0 Å². The highest BCUT2D eigenvalue weighted by Gasteiger charge is 2.39. The summed E-state index contributed by atoms with van der Waals surface area (Å²) in [4.78, 5) is 0. The van der Waals surface area contributed by atoms with E-state index in [1.165, 1.54) is 37.7 Å². The summed E-state index contributed by atoms with van der Waals surface area (Å²) in [5.41, 5.74) is 4.77. The Morgan fingerprint density at radius 3 is 2.16 bits per heavy atom. The number of fused-ring (bicyclic) bond motifs is 2. The Kier molecular flexibility index (Phi) is 4.63. The van der Waals surface area contributed by atoms with Gasteiger partial charge in [-0.1, -0.05) is 11.1 Å². The first-order valence-electron chi connectivity index (χ1n) is 9.50. The van der Waals surface area contributed by atoms with E-state index in [4.69, 9.17) is 14.2 Å². The lowest BCUT2D eigenvalue weighted by molar-refractivity contribution is 0.255. The molecule has 0 radical (unpaired) electrons. The van der Waals surface area contributed by atoms with Gasteiger partial charge in [-0.05, 0) is 74.6 Å². The summed E-state index contributed by atoms with van der Waals surface area (Å²) < 4.78 is 16.5. The van der Waals surface area contributed by atoms with Crippen molar-refractivity contribution in [2.75, 3.05) is 27.9 Å². The minimum absolute atomic E-state index is 0.458. The Bertz CT molecular complexity index is 649. The third-order valence-corrected chi connectivity index (χ3v) is 6.36. The van der Waals surface area contributed by atoms with E-state index in [9.17, 15) is 0 Å². The van der Waals surface area contributed by atoms with Gasteiger partial charge in [-0.15, -0.1) is 0 Å². The number of rotatable bonds is 5. The maximum absolute atomic E-state index is 5.53. The first kappa shape index (κ1) is 16.8. The lowest BCUT2D eigenvalue weighted by Gasteiger charge is -2.46. The van der Waals surface area contributed by atoms with Crippen LogP contribution in [0.3, 0.4) is 0 Å². The average Bonchev–Trinajstić information content (AvgIpc) is 2.68. The molecule has 1 saturated carbocycles. The van der Waals surface area contributed by atoms with E-state index >= 15 is 0 Å². The highest BCUT2D eigenvalue weighted by atomic mass is 16.5. The second kappa shape index (κ2) is 6.91. The van der Waals surface area contributed by atoms with E-state index in [1.54, 1.807) is 32.5 Å². The molecule has 1 N–H and O–H groups in total. The van der Waals surface area contributed by atoms with Crippen LogP contribution in [0.15, 0.2) is 23.3 Å². The van der Waals surface area contributed by atoms with Gasteiger partial charge in [0.05, 0.1) is 21.3 Å². The summed E-state index contributed by atoms with van der Waals surface area (Å²) in [5, 5.41) is 3.78. The maximum atomic E-state index is 5.53. The monoisotopic (exact) mass is 343 g/mol. The standard InChI is InChI=1S/C21H29NO3/c1-23-18-11-13(12-19(24-2)21(18)25-3)10-17-20-15-6-4-14(5-7-15)16(20)8-9-22-17/h11-12,14-15,17,22H,4-10H2,1-3H3. The molecule has 4 aliphatic rings. The number of ether oxygens (including phenoxy) is 3. The highest BCUT2D eigenvalue weighted by molar-refractivity contribution is 5.54. The largest absolute Gasteiger partial charge is 0.493 e. The van der Waals surface area contributed by atoms with Crippen molar-refractivity contribution in [1.29, 1.82) is 0 Å². The molecule has 0 amide bonds. The molecule has 1 fully saturated rings. The minimum Gasteiger partial charge on any atom is -0.493 e. The van der Waals surface area contributed by atoms with Gasteiger partial charge in [-0.2, -0.15) is 0 Å². The zero-order valence-electron chi connectivity index (χ0n) is 15.6. The second-order valence-corrected chi connectivity index (χ2v) is 7.52. The number of nitrogens with one attached hydrogen (secondary N) is 1. The van der Waals surface area contributed by atoms with Crippen LogP contribution >= 0.6 is 0 Å². The summed E-state index contributed by atoms with van der Waals surface area (Å²) in [6.45, 7) is 1.11. The Labute approximate surface area is 150 Å². The molecule has 0 spiro atoms. The predicted octanol–water partition coefficient (Wildman–Crippen LogP) is 3.73. The third-order valence-electron chi connectivity index (χ3n) is 6.36. The number of methoxy groups -OCH3 is 3. The van der Waals surface area contributed by atoms with E-state index in [2.05, 4.69) is 17.4 Å². The van der Waals surface area contributed by atoms with Crippen LogP contribution in [0.2, 0.25) is 0 Å². The van der Waals surface area contributed by atoms with Gasteiger partial charge in [0, 0.05) is 6.04 Å². The van der Waals surface area contributed by atoms with Crippen molar-refractivity contribution in [2.24, 2.45) is 11.8 Å².